The molecule has 1 unspecified atom stereocenters. The molecule has 3 nitrogen and oxygen atoms in total. The summed E-state index contributed by atoms with van der Waals surface area (Å²) in [7, 11) is 0. The predicted octanol–water partition coefficient (Wildman–Crippen LogP) is 3.79. The normalized spacial score (nSPS) is 11.7. The van der Waals surface area contributed by atoms with Gasteiger partial charge in [0, 0.05) is 6.04 Å². The highest BCUT2D eigenvalue weighted by Crippen LogP contribution is 2.16. The first-order chi connectivity index (χ1) is 9.56. The highest BCUT2D eigenvalue weighted by atomic mass is 35.5. The molecule has 1 heterocycles. The second-order valence-corrected chi connectivity index (χ2v) is 4.94. The predicted molar refractivity (Wildman–Crippen MR) is 77.2 cm³/mol. The third kappa shape index (κ3) is 3.94. The Hall–Kier alpha value is -2.12. The Labute approximate surface area is 122 Å². The number of nitrogens with zero attached hydrogens (tertiary/aromatic N) is 2. The summed E-state index contributed by atoms with van der Waals surface area (Å²) in [6.07, 6.45) is 0.719. The SMILES string of the molecule is CC(Cc1ccc(F)cc1)Nc1cc(C#N)cc(Cl)n1. The van der Waals surface area contributed by atoms with E-state index in [9.17, 15) is 4.39 Å². The number of nitriles is 1. The van der Waals surface area contributed by atoms with Crippen LogP contribution >= 0.6 is 11.6 Å². The number of anilines is 1. The van der Waals surface area contributed by atoms with Gasteiger partial charge in [-0.3, -0.25) is 0 Å². The molecular weight excluding hydrogens is 277 g/mol. The Kier molecular flexibility index (Phi) is 4.54. The van der Waals surface area contributed by atoms with Crippen molar-refractivity contribution >= 4 is 17.4 Å². The van der Waals surface area contributed by atoms with E-state index in [2.05, 4.69) is 10.3 Å². The van der Waals surface area contributed by atoms with Gasteiger partial charge in [0.25, 0.3) is 0 Å². The van der Waals surface area contributed by atoms with Crippen molar-refractivity contribution in [2.45, 2.75) is 19.4 Å². The number of rotatable bonds is 4. The molecule has 1 aromatic carbocycles. The molecular formula is C15H13ClFN3. The van der Waals surface area contributed by atoms with Gasteiger partial charge in [-0.05, 0) is 43.2 Å². The second kappa shape index (κ2) is 6.36. The van der Waals surface area contributed by atoms with Crippen LogP contribution in [0.3, 0.4) is 0 Å². The summed E-state index contributed by atoms with van der Waals surface area (Å²) in [6, 6.07) is 11.6. The van der Waals surface area contributed by atoms with E-state index in [0.29, 0.717) is 11.4 Å². The van der Waals surface area contributed by atoms with E-state index < -0.39 is 0 Å². The minimum atomic E-state index is -0.246. The zero-order valence-corrected chi connectivity index (χ0v) is 11.7. The van der Waals surface area contributed by atoms with Crippen molar-refractivity contribution in [2.75, 3.05) is 5.32 Å². The number of hydrogen-bond donors (Lipinski definition) is 1. The van der Waals surface area contributed by atoms with Gasteiger partial charge in [0.05, 0.1) is 11.6 Å². The van der Waals surface area contributed by atoms with Crippen LogP contribution in [0, 0.1) is 17.1 Å². The van der Waals surface area contributed by atoms with E-state index >= 15 is 0 Å². The largest absolute Gasteiger partial charge is 0.367 e. The van der Waals surface area contributed by atoms with Gasteiger partial charge in [0.1, 0.15) is 16.8 Å². The lowest BCUT2D eigenvalue weighted by molar-refractivity contribution is 0.626. The molecule has 2 aromatic rings. The molecule has 0 spiro atoms. The van der Waals surface area contributed by atoms with Crippen LogP contribution < -0.4 is 5.32 Å². The molecule has 2 rings (SSSR count). The quantitative estimate of drug-likeness (QED) is 0.871. The minimum Gasteiger partial charge on any atom is -0.367 e. The number of benzene rings is 1. The maximum absolute atomic E-state index is 12.8. The number of hydrogen-bond acceptors (Lipinski definition) is 3. The standard InChI is InChI=1S/C15H13ClFN3/c1-10(6-11-2-4-13(17)5-3-11)19-15-8-12(9-18)7-14(16)20-15/h2-5,7-8,10H,6H2,1H3,(H,19,20). The Balaban J connectivity index is 2.04. The molecule has 0 aliphatic rings. The molecule has 5 heteroatoms. The molecule has 0 saturated heterocycles. The lowest BCUT2D eigenvalue weighted by Crippen LogP contribution is -2.19. The Bertz CT molecular complexity index is 635. The summed E-state index contributed by atoms with van der Waals surface area (Å²) < 4.78 is 12.8. The van der Waals surface area contributed by atoms with Crippen molar-refractivity contribution in [3.05, 3.63) is 58.5 Å². The molecule has 0 aliphatic heterocycles. The van der Waals surface area contributed by atoms with Crippen molar-refractivity contribution in [3.8, 4) is 6.07 Å². The first-order valence-corrected chi connectivity index (χ1v) is 6.53. The van der Waals surface area contributed by atoms with E-state index in [4.69, 9.17) is 16.9 Å². The highest BCUT2D eigenvalue weighted by molar-refractivity contribution is 6.29. The Morgan fingerprint density at radius 1 is 1.35 bits per heavy atom. The molecule has 1 atom stereocenters. The van der Waals surface area contributed by atoms with Gasteiger partial charge in [0.2, 0.25) is 0 Å². The van der Waals surface area contributed by atoms with Gasteiger partial charge in [-0.1, -0.05) is 23.7 Å². The van der Waals surface area contributed by atoms with Gasteiger partial charge >= 0.3 is 0 Å². The zero-order chi connectivity index (χ0) is 14.5. The number of aromatic nitrogens is 1. The fourth-order valence-electron chi connectivity index (χ4n) is 1.91. The third-order valence-corrected chi connectivity index (χ3v) is 2.97. The molecule has 0 radical (unpaired) electrons. The van der Waals surface area contributed by atoms with Crippen LogP contribution in [0.25, 0.3) is 0 Å². The summed E-state index contributed by atoms with van der Waals surface area (Å²) in [6.45, 7) is 1.98. The van der Waals surface area contributed by atoms with E-state index in [1.807, 2.05) is 13.0 Å². The first-order valence-electron chi connectivity index (χ1n) is 6.15. The lowest BCUT2D eigenvalue weighted by Gasteiger charge is -2.15. The Morgan fingerprint density at radius 2 is 2.05 bits per heavy atom. The van der Waals surface area contributed by atoms with Crippen molar-refractivity contribution < 1.29 is 4.39 Å². The minimum absolute atomic E-state index is 0.0815. The molecule has 0 amide bonds. The lowest BCUT2D eigenvalue weighted by atomic mass is 10.1. The van der Waals surface area contributed by atoms with Crippen LogP contribution in [0.5, 0.6) is 0 Å². The van der Waals surface area contributed by atoms with Gasteiger partial charge in [0.15, 0.2) is 0 Å². The second-order valence-electron chi connectivity index (χ2n) is 4.55. The van der Waals surface area contributed by atoms with E-state index in [1.165, 1.54) is 18.2 Å². The summed E-state index contributed by atoms with van der Waals surface area (Å²) in [5.74, 6) is 0.313. The van der Waals surface area contributed by atoms with E-state index in [0.717, 1.165) is 12.0 Å². The van der Waals surface area contributed by atoms with Crippen molar-refractivity contribution in [3.63, 3.8) is 0 Å². The number of pyridine rings is 1. The summed E-state index contributed by atoms with van der Waals surface area (Å²) in [5, 5.41) is 12.3. The first kappa shape index (κ1) is 14.3. The zero-order valence-electron chi connectivity index (χ0n) is 10.9. The van der Waals surface area contributed by atoms with Crippen LogP contribution in [0.1, 0.15) is 18.1 Å². The number of nitrogens with one attached hydrogen (secondary N) is 1. The smallest absolute Gasteiger partial charge is 0.132 e. The van der Waals surface area contributed by atoms with Crippen LogP contribution in [-0.2, 0) is 6.42 Å². The molecule has 0 aliphatic carbocycles. The fraction of sp³-hybridized carbons (Fsp3) is 0.200. The van der Waals surface area contributed by atoms with Gasteiger partial charge in [-0.2, -0.15) is 5.26 Å². The maximum atomic E-state index is 12.8. The maximum Gasteiger partial charge on any atom is 0.132 e. The summed E-state index contributed by atoms with van der Waals surface area (Å²) >= 11 is 5.85. The molecule has 1 N–H and O–H groups in total. The third-order valence-electron chi connectivity index (χ3n) is 2.77. The van der Waals surface area contributed by atoms with Crippen LogP contribution in [-0.4, -0.2) is 11.0 Å². The van der Waals surface area contributed by atoms with Crippen LogP contribution in [0.4, 0.5) is 10.2 Å². The van der Waals surface area contributed by atoms with Crippen LogP contribution in [0.2, 0.25) is 5.15 Å². The summed E-state index contributed by atoms with van der Waals surface area (Å²) in [4.78, 5) is 4.12. The monoisotopic (exact) mass is 289 g/mol. The van der Waals surface area contributed by atoms with Gasteiger partial charge in [-0.25, -0.2) is 9.37 Å². The van der Waals surface area contributed by atoms with E-state index in [-0.39, 0.29) is 17.0 Å². The molecule has 0 fully saturated rings. The van der Waals surface area contributed by atoms with E-state index in [1.54, 1.807) is 18.2 Å². The summed E-state index contributed by atoms with van der Waals surface area (Å²) in [5.41, 5.74) is 1.48. The Morgan fingerprint density at radius 3 is 2.70 bits per heavy atom. The molecule has 0 bridgehead atoms. The molecule has 102 valence electrons. The van der Waals surface area contributed by atoms with Crippen molar-refractivity contribution in [1.29, 1.82) is 5.26 Å². The van der Waals surface area contributed by atoms with Crippen LogP contribution in [0.15, 0.2) is 36.4 Å². The average molecular weight is 290 g/mol. The van der Waals surface area contributed by atoms with Gasteiger partial charge < -0.3 is 5.32 Å². The molecule has 20 heavy (non-hydrogen) atoms. The number of halogens is 2. The van der Waals surface area contributed by atoms with Crippen molar-refractivity contribution in [2.24, 2.45) is 0 Å². The van der Waals surface area contributed by atoms with Gasteiger partial charge in [-0.15, -0.1) is 0 Å². The highest BCUT2D eigenvalue weighted by Gasteiger charge is 2.07. The average Bonchev–Trinajstić information content (AvgIpc) is 2.40. The van der Waals surface area contributed by atoms with Crippen molar-refractivity contribution in [1.82, 2.24) is 4.98 Å². The molecule has 0 saturated carbocycles. The topological polar surface area (TPSA) is 48.7 Å². The molecule has 1 aromatic heterocycles. The fourth-order valence-corrected chi connectivity index (χ4v) is 2.12.